The zero-order valence-corrected chi connectivity index (χ0v) is 10.4. The molecule has 1 aliphatic heterocycles. The van der Waals surface area contributed by atoms with Gasteiger partial charge in [-0.3, -0.25) is 4.90 Å². The van der Waals surface area contributed by atoms with Crippen LogP contribution in [0.4, 0.5) is 26.3 Å². The molecule has 0 bridgehead atoms. The Hall–Kier alpha value is -0.500. The standard InChI is InChI=1S/C11H18F6N2/c12-10(13,14)3-5-19(8-11(15,16)17)7-9-2-1-4-18-6-9/h9,18H,1-8H2. The van der Waals surface area contributed by atoms with E-state index in [-0.39, 0.29) is 12.5 Å². The highest BCUT2D eigenvalue weighted by Crippen LogP contribution is 2.23. The quantitative estimate of drug-likeness (QED) is 0.784. The SMILES string of the molecule is FC(F)(F)CCN(CC1CCCNC1)CC(F)(F)F. The monoisotopic (exact) mass is 292 g/mol. The zero-order chi connectivity index (χ0) is 14.5. The Morgan fingerprint density at radius 2 is 1.74 bits per heavy atom. The van der Waals surface area contributed by atoms with Gasteiger partial charge in [0, 0.05) is 13.1 Å². The number of nitrogens with zero attached hydrogens (tertiary/aromatic N) is 1. The molecule has 0 aliphatic carbocycles. The van der Waals surface area contributed by atoms with Crippen LogP contribution < -0.4 is 5.32 Å². The molecular formula is C11H18F6N2. The van der Waals surface area contributed by atoms with Crippen molar-refractivity contribution in [2.24, 2.45) is 5.92 Å². The predicted molar refractivity (Wildman–Crippen MR) is 58.8 cm³/mol. The van der Waals surface area contributed by atoms with Gasteiger partial charge < -0.3 is 5.32 Å². The summed E-state index contributed by atoms with van der Waals surface area (Å²) in [5.41, 5.74) is 0. The fraction of sp³-hybridized carbons (Fsp3) is 1.00. The fourth-order valence-electron chi connectivity index (χ4n) is 2.22. The molecule has 8 heteroatoms. The van der Waals surface area contributed by atoms with Crippen LogP contribution in [0.1, 0.15) is 19.3 Å². The van der Waals surface area contributed by atoms with E-state index in [0.29, 0.717) is 6.54 Å². The van der Waals surface area contributed by atoms with Crippen molar-refractivity contribution in [1.29, 1.82) is 0 Å². The van der Waals surface area contributed by atoms with Gasteiger partial charge >= 0.3 is 12.4 Å². The third-order valence-corrected chi connectivity index (χ3v) is 3.03. The molecule has 1 heterocycles. The Labute approximate surface area is 108 Å². The van der Waals surface area contributed by atoms with Crippen LogP contribution in [0.3, 0.4) is 0 Å². The molecule has 0 spiro atoms. The normalized spacial score (nSPS) is 21.9. The lowest BCUT2D eigenvalue weighted by Crippen LogP contribution is -2.43. The number of hydrogen-bond donors (Lipinski definition) is 1. The summed E-state index contributed by atoms with van der Waals surface area (Å²) in [6.45, 7) is -0.430. The van der Waals surface area contributed by atoms with E-state index in [1.807, 2.05) is 0 Å². The van der Waals surface area contributed by atoms with Crippen LogP contribution in [0.25, 0.3) is 0 Å². The zero-order valence-electron chi connectivity index (χ0n) is 10.4. The van der Waals surface area contributed by atoms with E-state index in [9.17, 15) is 26.3 Å². The molecule has 0 aromatic carbocycles. The topological polar surface area (TPSA) is 15.3 Å². The van der Waals surface area contributed by atoms with Gasteiger partial charge in [-0.1, -0.05) is 0 Å². The largest absolute Gasteiger partial charge is 0.401 e. The molecule has 1 atom stereocenters. The van der Waals surface area contributed by atoms with E-state index >= 15 is 0 Å². The fourth-order valence-corrected chi connectivity index (χ4v) is 2.22. The van der Waals surface area contributed by atoms with Gasteiger partial charge in [-0.15, -0.1) is 0 Å². The van der Waals surface area contributed by atoms with E-state index in [1.165, 1.54) is 0 Å². The Morgan fingerprint density at radius 1 is 1.05 bits per heavy atom. The second kappa shape index (κ2) is 6.78. The molecule has 1 saturated heterocycles. The van der Waals surface area contributed by atoms with Gasteiger partial charge in [0.25, 0.3) is 0 Å². The Balaban J connectivity index is 2.47. The molecule has 1 fully saturated rings. The number of nitrogens with one attached hydrogen (secondary N) is 1. The predicted octanol–water partition coefficient (Wildman–Crippen LogP) is 2.80. The molecule has 0 saturated carbocycles. The number of piperidine rings is 1. The average Bonchev–Trinajstić information content (AvgIpc) is 2.24. The van der Waals surface area contributed by atoms with E-state index in [0.717, 1.165) is 24.3 Å². The minimum Gasteiger partial charge on any atom is -0.316 e. The van der Waals surface area contributed by atoms with Crippen LogP contribution in [0.5, 0.6) is 0 Å². The van der Waals surface area contributed by atoms with Crippen molar-refractivity contribution in [2.75, 3.05) is 32.7 Å². The van der Waals surface area contributed by atoms with Gasteiger partial charge in [-0.2, -0.15) is 26.3 Å². The molecule has 114 valence electrons. The Kier molecular flexibility index (Phi) is 5.91. The summed E-state index contributed by atoms with van der Waals surface area (Å²) in [5.74, 6) is -0.00988. The van der Waals surface area contributed by atoms with E-state index in [2.05, 4.69) is 5.32 Å². The lowest BCUT2D eigenvalue weighted by Gasteiger charge is -2.30. The Bertz CT molecular complexity index is 257. The third-order valence-electron chi connectivity index (χ3n) is 3.03. The molecule has 1 rings (SSSR count). The smallest absolute Gasteiger partial charge is 0.316 e. The van der Waals surface area contributed by atoms with E-state index in [1.54, 1.807) is 0 Å². The van der Waals surface area contributed by atoms with E-state index < -0.39 is 31.9 Å². The lowest BCUT2D eigenvalue weighted by molar-refractivity contribution is -0.162. The first kappa shape index (κ1) is 16.6. The van der Waals surface area contributed by atoms with Crippen LogP contribution >= 0.6 is 0 Å². The van der Waals surface area contributed by atoms with Crippen LogP contribution in [-0.2, 0) is 0 Å². The summed E-state index contributed by atoms with van der Waals surface area (Å²) in [4.78, 5) is 0.866. The van der Waals surface area contributed by atoms with Gasteiger partial charge in [0.15, 0.2) is 0 Å². The number of halogens is 6. The van der Waals surface area contributed by atoms with Crippen molar-refractivity contribution < 1.29 is 26.3 Å². The number of alkyl halides is 6. The van der Waals surface area contributed by atoms with Crippen molar-refractivity contribution in [2.45, 2.75) is 31.6 Å². The minimum absolute atomic E-state index is 0.00988. The maximum Gasteiger partial charge on any atom is 0.401 e. The molecular weight excluding hydrogens is 274 g/mol. The summed E-state index contributed by atoms with van der Waals surface area (Å²) in [5, 5.41) is 3.05. The van der Waals surface area contributed by atoms with Crippen molar-refractivity contribution >= 4 is 0 Å². The second-order valence-electron chi connectivity index (χ2n) is 4.93. The first-order valence-electron chi connectivity index (χ1n) is 6.22. The highest BCUT2D eigenvalue weighted by molar-refractivity contribution is 4.75. The number of rotatable bonds is 5. The molecule has 1 N–H and O–H groups in total. The van der Waals surface area contributed by atoms with Crippen LogP contribution in [-0.4, -0.2) is 50.0 Å². The molecule has 19 heavy (non-hydrogen) atoms. The molecule has 0 amide bonds. The maximum absolute atomic E-state index is 12.3. The molecule has 1 unspecified atom stereocenters. The lowest BCUT2D eigenvalue weighted by atomic mass is 9.99. The third kappa shape index (κ3) is 8.30. The molecule has 0 radical (unpaired) electrons. The van der Waals surface area contributed by atoms with E-state index in [4.69, 9.17) is 0 Å². The summed E-state index contributed by atoms with van der Waals surface area (Å²) in [7, 11) is 0. The average molecular weight is 292 g/mol. The van der Waals surface area contributed by atoms with Gasteiger partial charge in [0.05, 0.1) is 13.0 Å². The van der Waals surface area contributed by atoms with Crippen molar-refractivity contribution in [3.8, 4) is 0 Å². The van der Waals surface area contributed by atoms with Gasteiger partial charge in [-0.05, 0) is 31.8 Å². The molecule has 0 aromatic rings. The first-order valence-corrected chi connectivity index (χ1v) is 6.22. The van der Waals surface area contributed by atoms with Gasteiger partial charge in [0.1, 0.15) is 0 Å². The van der Waals surface area contributed by atoms with Gasteiger partial charge in [-0.25, -0.2) is 0 Å². The first-order chi connectivity index (χ1) is 8.66. The molecule has 0 aromatic heterocycles. The summed E-state index contributed by atoms with van der Waals surface area (Å²) < 4.78 is 73.3. The Morgan fingerprint density at radius 3 is 2.21 bits per heavy atom. The van der Waals surface area contributed by atoms with Crippen LogP contribution in [0, 0.1) is 5.92 Å². The van der Waals surface area contributed by atoms with Gasteiger partial charge in [0.2, 0.25) is 0 Å². The summed E-state index contributed by atoms with van der Waals surface area (Å²) in [6.07, 6.45) is -8.48. The van der Waals surface area contributed by atoms with Crippen LogP contribution in [0.2, 0.25) is 0 Å². The highest BCUT2D eigenvalue weighted by Gasteiger charge is 2.34. The second-order valence-corrected chi connectivity index (χ2v) is 4.93. The maximum atomic E-state index is 12.3. The van der Waals surface area contributed by atoms with Crippen molar-refractivity contribution in [3.63, 3.8) is 0 Å². The minimum atomic E-state index is -4.46. The number of hydrogen-bond acceptors (Lipinski definition) is 2. The molecule has 1 aliphatic rings. The molecule has 2 nitrogen and oxygen atoms in total. The van der Waals surface area contributed by atoms with Crippen LogP contribution in [0.15, 0.2) is 0 Å². The van der Waals surface area contributed by atoms with Crippen molar-refractivity contribution in [3.05, 3.63) is 0 Å². The highest BCUT2D eigenvalue weighted by atomic mass is 19.4. The van der Waals surface area contributed by atoms with Crippen molar-refractivity contribution in [1.82, 2.24) is 10.2 Å². The summed E-state index contributed by atoms with van der Waals surface area (Å²) >= 11 is 0. The summed E-state index contributed by atoms with van der Waals surface area (Å²) in [6, 6.07) is 0.